The standard InChI is InChI=1S/C14H19N3O3S2/c1-2-6-17-13-4-3-11(22(15,18)19)8-12(13)16-14(17)21-10-5-7-20-9-10/h3-4,8,10H,2,5-7,9H2,1H3,(H2,15,18,19). The van der Waals surface area contributed by atoms with Gasteiger partial charge in [0, 0.05) is 18.4 Å². The fraction of sp³-hybridized carbons (Fsp3) is 0.500. The van der Waals surface area contributed by atoms with Crippen LogP contribution in [0.4, 0.5) is 0 Å². The Hall–Kier alpha value is -1.09. The zero-order valence-electron chi connectivity index (χ0n) is 12.4. The molecule has 1 saturated heterocycles. The second-order valence-electron chi connectivity index (χ2n) is 5.34. The highest BCUT2D eigenvalue weighted by molar-refractivity contribution is 7.99. The molecule has 0 amide bonds. The summed E-state index contributed by atoms with van der Waals surface area (Å²) < 4.78 is 30.5. The van der Waals surface area contributed by atoms with Crippen molar-refractivity contribution in [3.63, 3.8) is 0 Å². The number of imidazole rings is 1. The Balaban J connectivity index is 2.04. The van der Waals surface area contributed by atoms with Gasteiger partial charge in [-0.3, -0.25) is 0 Å². The minimum atomic E-state index is -3.71. The van der Waals surface area contributed by atoms with Crippen LogP contribution in [0.15, 0.2) is 28.3 Å². The lowest BCUT2D eigenvalue weighted by molar-refractivity contribution is 0.199. The van der Waals surface area contributed by atoms with Crippen LogP contribution in [-0.2, 0) is 21.3 Å². The molecular formula is C14H19N3O3S2. The third kappa shape index (κ3) is 3.15. The number of hydrogen-bond donors (Lipinski definition) is 1. The van der Waals surface area contributed by atoms with E-state index in [0.717, 1.165) is 43.3 Å². The van der Waals surface area contributed by atoms with Gasteiger partial charge < -0.3 is 9.30 Å². The largest absolute Gasteiger partial charge is 0.380 e. The van der Waals surface area contributed by atoms with E-state index < -0.39 is 10.0 Å². The lowest BCUT2D eigenvalue weighted by Crippen LogP contribution is -2.11. The highest BCUT2D eigenvalue weighted by Gasteiger charge is 2.21. The number of rotatable bonds is 5. The number of benzene rings is 1. The minimum Gasteiger partial charge on any atom is -0.380 e. The number of aryl methyl sites for hydroxylation is 1. The van der Waals surface area contributed by atoms with Crippen molar-refractivity contribution in [1.29, 1.82) is 0 Å². The van der Waals surface area contributed by atoms with Gasteiger partial charge in [0.2, 0.25) is 10.0 Å². The topological polar surface area (TPSA) is 87.2 Å². The number of primary sulfonamides is 1. The molecule has 1 unspecified atom stereocenters. The summed E-state index contributed by atoms with van der Waals surface area (Å²) in [5.74, 6) is 0. The van der Waals surface area contributed by atoms with Gasteiger partial charge in [-0.25, -0.2) is 18.5 Å². The van der Waals surface area contributed by atoms with Gasteiger partial charge in [0.1, 0.15) is 0 Å². The second kappa shape index (κ2) is 6.19. The predicted molar refractivity (Wildman–Crippen MR) is 86.5 cm³/mol. The van der Waals surface area contributed by atoms with E-state index in [1.54, 1.807) is 30.0 Å². The highest BCUT2D eigenvalue weighted by atomic mass is 32.2. The third-order valence-corrected chi connectivity index (χ3v) is 5.76. The molecule has 1 fully saturated rings. The molecule has 0 aliphatic carbocycles. The van der Waals surface area contributed by atoms with Crippen molar-refractivity contribution in [2.45, 2.75) is 41.6 Å². The molecule has 2 heterocycles. The molecule has 0 bridgehead atoms. The van der Waals surface area contributed by atoms with E-state index >= 15 is 0 Å². The summed E-state index contributed by atoms with van der Waals surface area (Å²) in [6, 6.07) is 4.87. The molecule has 0 radical (unpaired) electrons. The van der Waals surface area contributed by atoms with E-state index in [1.165, 1.54) is 0 Å². The number of nitrogens with zero attached hydrogens (tertiary/aromatic N) is 2. The van der Waals surface area contributed by atoms with Crippen molar-refractivity contribution in [3.05, 3.63) is 18.2 Å². The molecule has 0 spiro atoms. The number of nitrogens with two attached hydrogens (primary N) is 1. The van der Waals surface area contributed by atoms with Crippen molar-refractivity contribution in [1.82, 2.24) is 9.55 Å². The van der Waals surface area contributed by atoms with E-state index in [4.69, 9.17) is 9.88 Å². The summed E-state index contributed by atoms with van der Waals surface area (Å²) in [4.78, 5) is 4.72. The summed E-state index contributed by atoms with van der Waals surface area (Å²) >= 11 is 1.70. The molecular weight excluding hydrogens is 322 g/mol. The summed E-state index contributed by atoms with van der Waals surface area (Å²) in [5, 5.41) is 6.52. The van der Waals surface area contributed by atoms with Crippen molar-refractivity contribution in [2.24, 2.45) is 5.14 Å². The maximum absolute atomic E-state index is 11.5. The Morgan fingerprint density at radius 1 is 1.50 bits per heavy atom. The van der Waals surface area contributed by atoms with Crippen LogP contribution in [0.1, 0.15) is 19.8 Å². The normalized spacial score (nSPS) is 19.1. The Morgan fingerprint density at radius 2 is 2.32 bits per heavy atom. The van der Waals surface area contributed by atoms with Crippen LogP contribution >= 0.6 is 11.8 Å². The van der Waals surface area contributed by atoms with Gasteiger partial charge in [-0.15, -0.1) is 0 Å². The fourth-order valence-electron chi connectivity index (χ4n) is 2.55. The van der Waals surface area contributed by atoms with Gasteiger partial charge in [-0.05, 0) is 31.0 Å². The SMILES string of the molecule is CCCn1c(SC2CCOC2)nc2cc(S(N)(=O)=O)ccc21. The summed E-state index contributed by atoms with van der Waals surface area (Å²) in [6.45, 7) is 4.49. The quantitative estimate of drug-likeness (QED) is 0.898. The molecule has 3 rings (SSSR count). The first-order valence-corrected chi connectivity index (χ1v) is 9.69. The van der Waals surface area contributed by atoms with E-state index in [0.29, 0.717) is 10.8 Å². The maximum atomic E-state index is 11.5. The number of fused-ring (bicyclic) bond motifs is 1. The van der Waals surface area contributed by atoms with Crippen molar-refractivity contribution in [2.75, 3.05) is 13.2 Å². The lowest BCUT2D eigenvalue weighted by atomic mass is 10.3. The van der Waals surface area contributed by atoms with E-state index in [1.807, 2.05) is 0 Å². The molecule has 1 aromatic heterocycles. The molecule has 1 aliphatic heterocycles. The molecule has 6 nitrogen and oxygen atoms in total. The van der Waals surface area contributed by atoms with Crippen LogP contribution in [0.2, 0.25) is 0 Å². The first kappa shape index (κ1) is 15.8. The van der Waals surface area contributed by atoms with E-state index in [9.17, 15) is 8.42 Å². The summed E-state index contributed by atoms with van der Waals surface area (Å²) in [5.41, 5.74) is 1.61. The van der Waals surface area contributed by atoms with Gasteiger partial charge in [0.15, 0.2) is 5.16 Å². The van der Waals surface area contributed by atoms with Gasteiger partial charge in [-0.1, -0.05) is 18.7 Å². The van der Waals surface area contributed by atoms with Crippen LogP contribution in [0, 0.1) is 0 Å². The van der Waals surface area contributed by atoms with Gasteiger partial charge in [-0.2, -0.15) is 0 Å². The zero-order valence-corrected chi connectivity index (χ0v) is 14.0. The molecule has 22 heavy (non-hydrogen) atoms. The Bertz CT molecular complexity index is 780. The molecule has 0 saturated carbocycles. The van der Waals surface area contributed by atoms with Gasteiger partial charge >= 0.3 is 0 Å². The summed E-state index contributed by atoms with van der Waals surface area (Å²) in [7, 11) is -3.71. The monoisotopic (exact) mass is 341 g/mol. The van der Waals surface area contributed by atoms with Crippen LogP contribution in [0.5, 0.6) is 0 Å². The van der Waals surface area contributed by atoms with Crippen LogP contribution in [-0.4, -0.2) is 36.4 Å². The fourth-order valence-corrected chi connectivity index (χ4v) is 4.23. The number of hydrogen-bond acceptors (Lipinski definition) is 5. The highest BCUT2D eigenvalue weighted by Crippen LogP contribution is 2.31. The molecule has 2 N–H and O–H groups in total. The molecule has 8 heteroatoms. The van der Waals surface area contributed by atoms with Gasteiger partial charge in [0.25, 0.3) is 0 Å². The first-order valence-electron chi connectivity index (χ1n) is 7.26. The zero-order chi connectivity index (χ0) is 15.7. The first-order chi connectivity index (χ1) is 10.5. The number of ether oxygens (including phenoxy) is 1. The van der Waals surface area contributed by atoms with Crippen LogP contribution in [0.3, 0.4) is 0 Å². The van der Waals surface area contributed by atoms with Crippen LogP contribution < -0.4 is 5.14 Å². The molecule has 1 aliphatic rings. The Morgan fingerprint density at radius 3 is 2.95 bits per heavy atom. The third-order valence-electron chi connectivity index (χ3n) is 3.62. The van der Waals surface area contributed by atoms with E-state index in [-0.39, 0.29) is 4.90 Å². The average molecular weight is 341 g/mol. The maximum Gasteiger partial charge on any atom is 0.238 e. The van der Waals surface area contributed by atoms with Crippen molar-refractivity contribution in [3.8, 4) is 0 Å². The van der Waals surface area contributed by atoms with Crippen molar-refractivity contribution < 1.29 is 13.2 Å². The lowest BCUT2D eigenvalue weighted by Gasteiger charge is -2.10. The molecule has 2 aromatic rings. The summed E-state index contributed by atoms with van der Waals surface area (Å²) in [6.07, 6.45) is 2.00. The number of thioether (sulfide) groups is 1. The number of aromatic nitrogens is 2. The Kier molecular flexibility index (Phi) is 4.44. The minimum absolute atomic E-state index is 0.0990. The van der Waals surface area contributed by atoms with Crippen LogP contribution in [0.25, 0.3) is 11.0 Å². The van der Waals surface area contributed by atoms with Gasteiger partial charge in [0.05, 0.1) is 22.5 Å². The average Bonchev–Trinajstić information content (AvgIpc) is 3.07. The Labute approximate surface area is 134 Å². The smallest absolute Gasteiger partial charge is 0.238 e. The van der Waals surface area contributed by atoms with Crippen molar-refractivity contribution >= 4 is 32.8 Å². The molecule has 1 atom stereocenters. The van der Waals surface area contributed by atoms with E-state index in [2.05, 4.69) is 16.5 Å². The molecule has 120 valence electrons. The number of sulfonamides is 1. The predicted octanol–water partition coefficient (Wildman–Crippen LogP) is 1.97. The second-order valence-corrected chi connectivity index (χ2v) is 8.17. The molecule has 1 aromatic carbocycles.